The van der Waals surface area contributed by atoms with Gasteiger partial charge in [-0.15, -0.1) is 0 Å². The van der Waals surface area contributed by atoms with Gasteiger partial charge in [0.2, 0.25) is 0 Å². The average Bonchev–Trinajstić information content (AvgIpc) is 2.63. The Balaban J connectivity index is 2.30. The van der Waals surface area contributed by atoms with E-state index in [1.165, 1.54) is 24.3 Å². The predicted octanol–water partition coefficient (Wildman–Crippen LogP) is 0.753. The predicted molar refractivity (Wildman–Crippen MR) is 65.0 cm³/mol. The van der Waals surface area contributed by atoms with Crippen molar-refractivity contribution in [1.82, 2.24) is 4.90 Å². The van der Waals surface area contributed by atoms with Crippen molar-refractivity contribution in [3.8, 4) is 0 Å². The van der Waals surface area contributed by atoms with Crippen LogP contribution in [0.25, 0.3) is 0 Å². The minimum Gasteiger partial charge on any atom is -0.481 e. The maximum atomic E-state index is 12.9. The zero-order valence-corrected chi connectivity index (χ0v) is 10.6. The van der Waals surface area contributed by atoms with E-state index in [1.807, 2.05) is 0 Å². The first-order valence-corrected chi connectivity index (χ1v) is 5.94. The summed E-state index contributed by atoms with van der Waals surface area (Å²) < 4.78 is 25.8. The molecule has 1 aromatic rings. The number of nitrogens with zero attached hydrogens (tertiary/aromatic N) is 1. The summed E-state index contributed by atoms with van der Waals surface area (Å²) in [4.78, 5) is 35.0. The number of amides is 2. The first-order valence-electron chi connectivity index (χ1n) is 5.94. The van der Waals surface area contributed by atoms with Crippen molar-refractivity contribution >= 4 is 17.8 Å². The molecule has 2 rings (SSSR count). The number of rotatable bonds is 5. The lowest BCUT2D eigenvalue weighted by Gasteiger charge is -2.29. The van der Waals surface area contributed by atoms with Crippen LogP contribution in [-0.2, 0) is 4.79 Å². The smallest absolute Gasteiger partial charge is 0.306 e. The molecule has 112 valence electrons. The lowest BCUT2D eigenvalue weighted by molar-refractivity contribution is -0.154. The highest BCUT2D eigenvalue weighted by Crippen LogP contribution is 2.28. The Morgan fingerprint density at radius 1 is 1.19 bits per heavy atom. The number of hydrogen-bond acceptors (Lipinski definition) is 4. The Morgan fingerprint density at radius 3 is 2.05 bits per heavy atom. The number of carbonyl (C=O) groups is 3. The Kier molecular flexibility index (Phi) is 3.73. The summed E-state index contributed by atoms with van der Waals surface area (Å²) in [5, 5.41) is 18.4. The molecule has 0 aliphatic carbocycles. The molecule has 0 unspecified atom stereocenters. The summed E-state index contributed by atoms with van der Waals surface area (Å²) in [5.74, 6) is -3.32. The van der Waals surface area contributed by atoms with Crippen LogP contribution in [0.4, 0.5) is 8.78 Å². The van der Waals surface area contributed by atoms with Gasteiger partial charge < -0.3 is 10.2 Å². The number of β-amino-alcohol motifs (C(OH)–C–C–N with tert-alkyl or cyclic N) is 1. The standard InChI is InChI=1S/C13H11F2NO5/c14-12(15)13(21,5-9(17)18)6-16-10(19)7-3-1-2-4-8(7)11(16)20/h1-4,12,21H,5-6H2,(H,17,18)/t13-/m1/s1. The van der Waals surface area contributed by atoms with Crippen LogP contribution in [-0.4, -0.2) is 51.5 Å². The number of alkyl halides is 2. The second kappa shape index (κ2) is 5.21. The lowest BCUT2D eigenvalue weighted by atomic mass is 9.99. The van der Waals surface area contributed by atoms with E-state index in [0.29, 0.717) is 4.90 Å². The molecule has 0 spiro atoms. The van der Waals surface area contributed by atoms with E-state index in [9.17, 15) is 28.3 Å². The van der Waals surface area contributed by atoms with Crippen molar-refractivity contribution in [2.24, 2.45) is 0 Å². The van der Waals surface area contributed by atoms with Crippen LogP contribution < -0.4 is 0 Å². The third kappa shape index (κ3) is 2.62. The van der Waals surface area contributed by atoms with E-state index in [1.54, 1.807) is 0 Å². The quantitative estimate of drug-likeness (QED) is 0.782. The van der Waals surface area contributed by atoms with Crippen molar-refractivity contribution in [3.05, 3.63) is 35.4 Å². The zero-order chi connectivity index (χ0) is 15.8. The maximum absolute atomic E-state index is 12.9. The molecule has 6 nitrogen and oxygen atoms in total. The van der Waals surface area contributed by atoms with Gasteiger partial charge in [-0.2, -0.15) is 0 Å². The number of carboxylic acids is 1. The van der Waals surface area contributed by atoms with Crippen LogP contribution in [0.3, 0.4) is 0 Å². The fourth-order valence-electron chi connectivity index (χ4n) is 2.12. The Labute approximate surface area is 117 Å². The maximum Gasteiger partial charge on any atom is 0.306 e. The molecule has 0 fully saturated rings. The number of carboxylic acid groups (broad SMARTS) is 1. The van der Waals surface area contributed by atoms with Crippen molar-refractivity contribution < 1.29 is 33.4 Å². The van der Waals surface area contributed by atoms with Gasteiger partial charge in [-0.25, -0.2) is 8.78 Å². The van der Waals surface area contributed by atoms with E-state index in [0.717, 1.165) is 0 Å². The molecule has 0 saturated heterocycles. The van der Waals surface area contributed by atoms with Crippen molar-refractivity contribution in [1.29, 1.82) is 0 Å². The van der Waals surface area contributed by atoms with E-state index in [-0.39, 0.29) is 11.1 Å². The summed E-state index contributed by atoms with van der Waals surface area (Å²) in [7, 11) is 0. The topological polar surface area (TPSA) is 94.9 Å². The Bertz CT molecular complexity index is 583. The second-order valence-electron chi connectivity index (χ2n) is 4.72. The number of benzene rings is 1. The SMILES string of the molecule is O=C(O)C[C@@](O)(CN1C(=O)c2ccccc2C1=O)C(F)F. The number of hydrogen-bond donors (Lipinski definition) is 2. The number of carbonyl (C=O) groups excluding carboxylic acids is 2. The van der Waals surface area contributed by atoms with Gasteiger partial charge in [-0.05, 0) is 12.1 Å². The number of halogens is 2. The van der Waals surface area contributed by atoms with Crippen LogP contribution in [0.5, 0.6) is 0 Å². The van der Waals surface area contributed by atoms with Gasteiger partial charge in [0.05, 0.1) is 24.1 Å². The molecule has 1 aromatic carbocycles. The molecular weight excluding hydrogens is 288 g/mol. The summed E-state index contributed by atoms with van der Waals surface area (Å²) in [6, 6.07) is 5.72. The second-order valence-corrected chi connectivity index (χ2v) is 4.72. The van der Waals surface area contributed by atoms with Gasteiger partial charge in [0.15, 0.2) is 5.60 Å². The molecule has 8 heteroatoms. The number of aliphatic hydroxyl groups is 1. The zero-order valence-electron chi connectivity index (χ0n) is 10.6. The lowest BCUT2D eigenvalue weighted by Crippen LogP contribution is -2.51. The molecule has 21 heavy (non-hydrogen) atoms. The fourth-order valence-corrected chi connectivity index (χ4v) is 2.12. The highest BCUT2D eigenvalue weighted by Gasteiger charge is 2.46. The highest BCUT2D eigenvalue weighted by molar-refractivity contribution is 6.21. The fraction of sp³-hybridized carbons (Fsp3) is 0.308. The van der Waals surface area contributed by atoms with Crippen LogP contribution in [0.1, 0.15) is 27.1 Å². The van der Waals surface area contributed by atoms with Gasteiger partial charge >= 0.3 is 5.97 Å². The first kappa shape index (κ1) is 15.0. The van der Waals surface area contributed by atoms with Crippen LogP contribution in [0, 0.1) is 0 Å². The molecule has 1 atom stereocenters. The van der Waals surface area contributed by atoms with Gasteiger partial charge in [-0.1, -0.05) is 12.1 Å². The van der Waals surface area contributed by atoms with Gasteiger partial charge in [0.1, 0.15) is 0 Å². The molecule has 0 saturated carbocycles. The van der Waals surface area contributed by atoms with Crippen LogP contribution in [0.2, 0.25) is 0 Å². The molecule has 0 bridgehead atoms. The van der Waals surface area contributed by atoms with Gasteiger partial charge in [0.25, 0.3) is 18.2 Å². The number of imide groups is 1. The number of aliphatic carboxylic acids is 1. The summed E-state index contributed by atoms with van der Waals surface area (Å²) in [6.07, 6.45) is -4.70. The van der Waals surface area contributed by atoms with Gasteiger partial charge in [-0.3, -0.25) is 19.3 Å². The molecule has 1 heterocycles. The minimum atomic E-state index is -3.42. The Hall–Kier alpha value is -2.35. The number of fused-ring (bicyclic) bond motifs is 1. The van der Waals surface area contributed by atoms with E-state index < -0.39 is 42.8 Å². The molecular formula is C13H11F2NO5. The summed E-state index contributed by atoms with van der Waals surface area (Å²) in [6.45, 7) is -1.08. The molecule has 0 radical (unpaired) electrons. The normalized spacial score (nSPS) is 17.0. The third-order valence-electron chi connectivity index (χ3n) is 3.17. The summed E-state index contributed by atoms with van der Waals surface area (Å²) in [5.41, 5.74) is -2.91. The molecule has 2 amide bonds. The largest absolute Gasteiger partial charge is 0.481 e. The molecule has 1 aliphatic rings. The molecule has 0 aromatic heterocycles. The third-order valence-corrected chi connectivity index (χ3v) is 3.17. The van der Waals surface area contributed by atoms with E-state index in [2.05, 4.69) is 0 Å². The van der Waals surface area contributed by atoms with Crippen LogP contribution >= 0.6 is 0 Å². The monoisotopic (exact) mass is 299 g/mol. The van der Waals surface area contributed by atoms with Crippen molar-refractivity contribution in [3.63, 3.8) is 0 Å². The highest BCUT2D eigenvalue weighted by atomic mass is 19.3. The first-order chi connectivity index (χ1) is 9.76. The van der Waals surface area contributed by atoms with E-state index >= 15 is 0 Å². The average molecular weight is 299 g/mol. The Morgan fingerprint density at radius 2 is 1.67 bits per heavy atom. The molecule has 1 aliphatic heterocycles. The molecule has 2 N–H and O–H groups in total. The van der Waals surface area contributed by atoms with Crippen molar-refractivity contribution in [2.75, 3.05) is 6.54 Å². The van der Waals surface area contributed by atoms with E-state index in [4.69, 9.17) is 5.11 Å². The van der Waals surface area contributed by atoms with Gasteiger partial charge in [0, 0.05) is 0 Å². The minimum absolute atomic E-state index is 0.0365. The van der Waals surface area contributed by atoms with Crippen molar-refractivity contribution in [2.45, 2.75) is 18.4 Å². The summed E-state index contributed by atoms with van der Waals surface area (Å²) >= 11 is 0. The van der Waals surface area contributed by atoms with Crippen LogP contribution in [0.15, 0.2) is 24.3 Å².